The van der Waals surface area contributed by atoms with Gasteiger partial charge in [-0.1, -0.05) is 103 Å². The summed E-state index contributed by atoms with van der Waals surface area (Å²) in [5.41, 5.74) is 4.31. The van der Waals surface area contributed by atoms with Crippen molar-refractivity contribution in [1.82, 2.24) is 10.2 Å². The maximum atomic E-state index is 13.4. The van der Waals surface area contributed by atoms with Crippen LogP contribution in [-0.4, -0.2) is 62.3 Å². The summed E-state index contributed by atoms with van der Waals surface area (Å²) in [6.45, 7) is 2.42. The monoisotopic (exact) mass is 744 g/mol. The van der Waals surface area contributed by atoms with E-state index in [1.807, 2.05) is 66.7 Å². The average molecular weight is 745 g/mol. The lowest BCUT2D eigenvalue weighted by atomic mass is 9.82. The highest BCUT2D eigenvalue weighted by molar-refractivity contribution is 7.92. The third-order valence-electron chi connectivity index (χ3n) is 11.0. The van der Waals surface area contributed by atoms with E-state index in [0.717, 1.165) is 22.4 Å². The number of aliphatic hydroxyl groups excluding tert-OH is 1. The topological polar surface area (TPSA) is 120 Å². The Labute approximate surface area is 316 Å². The molecule has 4 atom stereocenters. The van der Waals surface area contributed by atoms with E-state index in [9.17, 15) is 18.3 Å². The zero-order valence-corrected chi connectivity index (χ0v) is 30.6. The van der Waals surface area contributed by atoms with Gasteiger partial charge in [-0.05, 0) is 65.9 Å². The molecule has 8 rings (SSSR count). The molecule has 0 saturated carbocycles. The molecule has 10 nitrogen and oxygen atoms in total. The number of nitrogens with one attached hydrogen (secondary N) is 2. The van der Waals surface area contributed by atoms with Gasteiger partial charge in [-0.25, -0.2) is 8.42 Å². The molecule has 1 unspecified atom stereocenters. The Morgan fingerprint density at radius 1 is 0.759 bits per heavy atom. The standard InChI is InChI=1S/C43H44N4O6S/c48-29-31-19-21-33(22-20-31)40-39(32-11-4-1-5-12-32)38(28-46-25-23-43(24-26-46)42(49)44-30-47(43)36-15-6-2-7-16-36)52-41(53-40)34-13-10-14-35(27-34)45-54(50,51)37-17-8-3-9-18-37/h1-22,27,38-41,45,48H,23-26,28-30H2,(H,44,49)/t38-,39-,40+,41?/m1/s1. The lowest BCUT2D eigenvalue weighted by Crippen LogP contribution is -2.57. The second kappa shape index (κ2) is 15.4. The molecule has 3 fully saturated rings. The molecule has 0 bridgehead atoms. The summed E-state index contributed by atoms with van der Waals surface area (Å²) < 4.78 is 43.1. The maximum Gasteiger partial charge on any atom is 0.261 e. The van der Waals surface area contributed by atoms with Crippen LogP contribution in [0.5, 0.6) is 0 Å². The Kier molecular flexibility index (Phi) is 10.2. The minimum Gasteiger partial charge on any atom is -0.392 e. The molecule has 3 heterocycles. The molecule has 0 radical (unpaired) electrons. The zero-order chi connectivity index (χ0) is 37.1. The van der Waals surface area contributed by atoms with Gasteiger partial charge in [0.05, 0.1) is 30.4 Å². The van der Waals surface area contributed by atoms with E-state index in [0.29, 0.717) is 50.4 Å². The van der Waals surface area contributed by atoms with Gasteiger partial charge in [0.15, 0.2) is 6.29 Å². The van der Waals surface area contributed by atoms with Gasteiger partial charge < -0.3 is 29.7 Å². The summed E-state index contributed by atoms with van der Waals surface area (Å²) >= 11 is 0. The third kappa shape index (κ3) is 7.25. The molecule has 1 amide bonds. The van der Waals surface area contributed by atoms with Gasteiger partial charge in [-0.2, -0.15) is 0 Å². The number of carbonyl (C=O) groups is 1. The number of hydrogen-bond acceptors (Lipinski definition) is 8. The van der Waals surface area contributed by atoms with Crippen molar-refractivity contribution in [3.8, 4) is 0 Å². The fraction of sp³-hybridized carbons (Fsp3) is 0.279. The normalized spacial score (nSPS) is 22.9. The van der Waals surface area contributed by atoms with Crippen LogP contribution in [-0.2, 0) is 30.9 Å². The van der Waals surface area contributed by atoms with Crippen LogP contribution in [0, 0.1) is 0 Å². The quantitative estimate of drug-likeness (QED) is 0.152. The fourth-order valence-electron chi connectivity index (χ4n) is 8.12. The number of likely N-dealkylation sites (tertiary alicyclic amines) is 1. The van der Waals surface area contributed by atoms with Crippen molar-refractivity contribution in [2.45, 2.75) is 54.3 Å². The lowest BCUT2D eigenvalue weighted by molar-refractivity contribution is -0.264. The van der Waals surface area contributed by atoms with Crippen molar-refractivity contribution in [3.05, 3.63) is 162 Å². The molecule has 0 aliphatic carbocycles. The molecular formula is C43H44N4O6S. The van der Waals surface area contributed by atoms with Crippen molar-refractivity contribution < 1.29 is 27.8 Å². The Hall–Kier alpha value is -5.04. The number of sulfonamides is 1. The van der Waals surface area contributed by atoms with Gasteiger partial charge in [0.1, 0.15) is 5.54 Å². The third-order valence-corrected chi connectivity index (χ3v) is 12.4. The number of hydrogen-bond donors (Lipinski definition) is 3. The number of rotatable bonds is 10. The number of anilines is 2. The van der Waals surface area contributed by atoms with E-state index >= 15 is 0 Å². The minimum absolute atomic E-state index is 0.0653. The Bertz CT molecular complexity index is 2150. The minimum atomic E-state index is -3.82. The first-order valence-corrected chi connectivity index (χ1v) is 19.9. The van der Waals surface area contributed by atoms with E-state index in [-0.39, 0.29) is 29.4 Å². The summed E-state index contributed by atoms with van der Waals surface area (Å²) in [4.78, 5) is 18.2. The molecule has 11 heteroatoms. The second-order valence-corrected chi connectivity index (χ2v) is 15.9. The van der Waals surface area contributed by atoms with Crippen LogP contribution in [0.3, 0.4) is 0 Å². The number of para-hydroxylation sites is 1. The van der Waals surface area contributed by atoms with Crippen LogP contribution in [0.2, 0.25) is 0 Å². The predicted molar refractivity (Wildman–Crippen MR) is 207 cm³/mol. The Morgan fingerprint density at radius 2 is 1.41 bits per heavy atom. The first-order valence-electron chi connectivity index (χ1n) is 18.4. The first kappa shape index (κ1) is 36.0. The van der Waals surface area contributed by atoms with Gasteiger partial charge in [0, 0.05) is 42.5 Å². The number of benzene rings is 5. The van der Waals surface area contributed by atoms with Gasteiger partial charge in [-0.3, -0.25) is 9.52 Å². The summed E-state index contributed by atoms with van der Waals surface area (Å²) in [6, 6.07) is 43.6. The van der Waals surface area contributed by atoms with Crippen LogP contribution < -0.4 is 14.9 Å². The zero-order valence-electron chi connectivity index (χ0n) is 29.8. The number of nitrogens with zero attached hydrogens (tertiary/aromatic N) is 2. The predicted octanol–water partition coefficient (Wildman–Crippen LogP) is 6.35. The summed E-state index contributed by atoms with van der Waals surface area (Å²) in [5.74, 6) is -0.126. The van der Waals surface area contributed by atoms with Crippen molar-refractivity contribution in [2.24, 2.45) is 0 Å². The molecule has 3 aliphatic heterocycles. The van der Waals surface area contributed by atoms with E-state index in [1.165, 1.54) is 0 Å². The van der Waals surface area contributed by atoms with Gasteiger partial charge in [0.2, 0.25) is 5.91 Å². The van der Waals surface area contributed by atoms with Gasteiger partial charge in [-0.15, -0.1) is 0 Å². The summed E-state index contributed by atoms with van der Waals surface area (Å²) in [6.07, 6.45) is -0.240. The number of carbonyl (C=O) groups excluding carboxylic acids is 1. The van der Waals surface area contributed by atoms with Gasteiger partial charge in [0.25, 0.3) is 10.0 Å². The number of piperidine rings is 1. The Balaban J connectivity index is 1.10. The maximum absolute atomic E-state index is 13.4. The molecule has 3 aliphatic rings. The van der Waals surface area contributed by atoms with Gasteiger partial charge >= 0.3 is 0 Å². The highest BCUT2D eigenvalue weighted by Crippen LogP contribution is 2.48. The second-order valence-electron chi connectivity index (χ2n) is 14.2. The SMILES string of the molecule is O=C1NCN(c2ccccc2)C12CCN(C[C@H]1OC(c3cccc(NS(=O)(=O)c4ccccc4)c3)O[C@@H](c3ccc(CO)cc3)[C@@H]1c1ccccc1)CC2. The van der Waals surface area contributed by atoms with Crippen LogP contribution in [0.4, 0.5) is 11.4 Å². The highest BCUT2D eigenvalue weighted by atomic mass is 32.2. The Morgan fingerprint density at radius 3 is 2.09 bits per heavy atom. The molecule has 54 heavy (non-hydrogen) atoms. The van der Waals surface area contributed by atoms with E-state index in [1.54, 1.807) is 48.5 Å². The smallest absolute Gasteiger partial charge is 0.261 e. The lowest BCUT2D eigenvalue weighted by Gasteiger charge is -2.47. The molecule has 3 N–H and O–H groups in total. The molecule has 278 valence electrons. The average Bonchev–Trinajstić information content (AvgIpc) is 3.53. The van der Waals surface area contributed by atoms with Crippen LogP contribution in [0.25, 0.3) is 0 Å². The van der Waals surface area contributed by atoms with Crippen LogP contribution in [0.15, 0.2) is 144 Å². The number of aliphatic hydroxyl groups is 1. The number of ether oxygens (including phenoxy) is 2. The molecular weight excluding hydrogens is 701 g/mol. The number of amides is 1. The van der Waals surface area contributed by atoms with Crippen molar-refractivity contribution in [1.29, 1.82) is 0 Å². The molecule has 5 aromatic carbocycles. The van der Waals surface area contributed by atoms with E-state index in [4.69, 9.17) is 9.47 Å². The summed E-state index contributed by atoms with van der Waals surface area (Å²) in [5, 5.41) is 12.9. The summed E-state index contributed by atoms with van der Waals surface area (Å²) in [7, 11) is -3.82. The molecule has 1 spiro atoms. The first-order chi connectivity index (χ1) is 26.3. The van der Waals surface area contributed by atoms with Crippen LogP contribution in [0.1, 0.15) is 53.4 Å². The fourth-order valence-corrected chi connectivity index (χ4v) is 9.19. The van der Waals surface area contributed by atoms with E-state index < -0.39 is 28.0 Å². The van der Waals surface area contributed by atoms with Crippen molar-refractivity contribution in [2.75, 3.05) is 35.9 Å². The molecule has 3 saturated heterocycles. The van der Waals surface area contributed by atoms with E-state index in [2.05, 4.69) is 44.1 Å². The largest absolute Gasteiger partial charge is 0.392 e. The highest BCUT2D eigenvalue weighted by Gasteiger charge is 2.51. The molecule has 5 aromatic rings. The molecule has 0 aromatic heterocycles. The van der Waals surface area contributed by atoms with Crippen molar-refractivity contribution in [3.63, 3.8) is 0 Å². The van der Waals surface area contributed by atoms with Crippen molar-refractivity contribution >= 4 is 27.3 Å². The van der Waals surface area contributed by atoms with Crippen LogP contribution >= 0.6 is 0 Å².